The molecule has 0 N–H and O–H groups in total. The maximum atomic E-state index is 2.40. The Morgan fingerprint density at radius 2 is 1.80 bits per heavy atom. The minimum atomic E-state index is 0.825. The molecule has 0 aliphatic heterocycles. The van der Waals surface area contributed by atoms with Crippen molar-refractivity contribution in [1.82, 2.24) is 0 Å². The Bertz CT molecular complexity index is 309. The molecule has 0 heterocycles. The number of rotatable bonds is 2. The number of benzene rings is 1. The van der Waals surface area contributed by atoms with Crippen LogP contribution in [0.25, 0.3) is 0 Å². The number of hydrogen-bond acceptors (Lipinski definition) is 0. The molecule has 1 aliphatic rings. The lowest BCUT2D eigenvalue weighted by Gasteiger charge is -2.18. The second-order valence-corrected chi connectivity index (χ2v) is 5.26. The van der Waals surface area contributed by atoms with Gasteiger partial charge in [-0.25, -0.2) is 0 Å². The summed E-state index contributed by atoms with van der Waals surface area (Å²) in [5, 5.41) is 0. The van der Waals surface area contributed by atoms with Crippen LogP contribution in [0.1, 0.15) is 50.2 Å². The van der Waals surface area contributed by atoms with E-state index in [9.17, 15) is 0 Å². The molecular formula is C15H22. The molecule has 0 saturated heterocycles. The lowest BCUT2D eigenvalue weighted by atomic mass is 9.87. The summed E-state index contributed by atoms with van der Waals surface area (Å²) < 4.78 is 0. The molecule has 1 fully saturated rings. The van der Waals surface area contributed by atoms with E-state index in [-0.39, 0.29) is 0 Å². The molecule has 1 unspecified atom stereocenters. The second-order valence-electron chi connectivity index (χ2n) is 5.26. The smallest absolute Gasteiger partial charge is 0.0131 e. The molecule has 0 aromatic heterocycles. The zero-order chi connectivity index (χ0) is 10.8. The van der Waals surface area contributed by atoms with E-state index in [0.29, 0.717) is 0 Å². The van der Waals surface area contributed by atoms with Gasteiger partial charge in [0.25, 0.3) is 0 Å². The zero-order valence-corrected chi connectivity index (χ0v) is 10.2. The molecule has 0 spiro atoms. The predicted molar refractivity (Wildman–Crippen MR) is 66.1 cm³/mol. The highest BCUT2D eigenvalue weighted by molar-refractivity contribution is 5.26. The van der Waals surface area contributed by atoms with Gasteiger partial charge in [0.1, 0.15) is 0 Å². The van der Waals surface area contributed by atoms with Crippen molar-refractivity contribution in [3.05, 3.63) is 35.4 Å². The first-order valence-electron chi connectivity index (χ1n) is 6.27. The first-order valence-corrected chi connectivity index (χ1v) is 6.27. The van der Waals surface area contributed by atoms with Gasteiger partial charge in [-0.05, 0) is 43.1 Å². The van der Waals surface area contributed by atoms with Crippen molar-refractivity contribution in [2.45, 2.75) is 46.0 Å². The molecule has 0 radical (unpaired) electrons. The first kappa shape index (κ1) is 10.7. The SMILES string of the molecule is CC[C@@H]1C[C@H](C)CC1c1ccc(C)cc1. The van der Waals surface area contributed by atoms with Crippen molar-refractivity contribution in [2.24, 2.45) is 11.8 Å². The van der Waals surface area contributed by atoms with Crippen LogP contribution in [0.15, 0.2) is 24.3 Å². The average Bonchev–Trinajstić information content (AvgIpc) is 2.61. The fourth-order valence-corrected chi connectivity index (χ4v) is 3.08. The Labute approximate surface area is 93.7 Å². The van der Waals surface area contributed by atoms with Gasteiger partial charge in [-0.3, -0.25) is 0 Å². The van der Waals surface area contributed by atoms with Crippen LogP contribution < -0.4 is 0 Å². The van der Waals surface area contributed by atoms with Crippen LogP contribution in [0.2, 0.25) is 0 Å². The van der Waals surface area contributed by atoms with Crippen LogP contribution >= 0.6 is 0 Å². The van der Waals surface area contributed by atoms with Crippen molar-refractivity contribution < 1.29 is 0 Å². The van der Waals surface area contributed by atoms with E-state index in [4.69, 9.17) is 0 Å². The van der Waals surface area contributed by atoms with E-state index in [1.807, 2.05) is 0 Å². The maximum Gasteiger partial charge on any atom is -0.0131 e. The highest BCUT2D eigenvalue weighted by atomic mass is 14.4. The maximum absolute atomic E-state index is 2.40. The van der Waals surface area contributed by atoms with Crippen LogP contribution in [0.3, 0.4) is 0 Å². The molecule has 2 rings (SSSR count). The monoisotopic (exact) mass is 202 g/mol. The standard InChI is InChI=1S/C15H22/c1-4-13-9-12(3)10-15(13)14-7-5-11(2)6-8-14/h5-8,12-13,15H,4,9-10H2,1-3H3/t12-,13+,15?/m0/s1. The van der Waals surface area contributed by atoms with Crippen molar-refractivity contribution >= 4 is 0 Å². The molecule has 82 valence electrons. The quantitative estimate of drug-likeness (QED) is 0.660. The molecule has 1 aromatic carbocycles. The Kier molecular flexibility index (Phi) is 3.14. The summed E-state index contributed by atoms with van der Waals surface area (Å²) in [5.41, 5.74) is 2.94. The molecule has 15 heavy (non-hydrogen) atoms. The Morgan fingerprint density at radius 1 is 1.13 bits per heavy atom. The van der Waals surface area contributed by atoms with Gasteiger partial charge < -0.3 is 0 Å². The Balaban J connectivity index is 2.19. The van der Waals surface area contributed by atoms with Crippen molar-refractivity contribution in [2.75, 3.05) is 0 Å². The van der Waals surface area contributed by atoms with E-state index < -0.39 is 0 Å². The molecule has 1 aliphatic carbocycles. The number of hydrogen-bond donors (Lipinski definition) is 0. The molecule has 0 amide bonds. The average molecular weight is 202 g/mol. The third-order valence-electron chi connectivity index (χ3n) is 3.96. The number of aryl methyl sites for hydroxylation is 1. The Hall–Kier alpha value is -0.780. The summed E-state index contributed by atoms with van der Waals surface area (Å²) in [6.07, 6.45) is 4.15. The fourth-order valence-electron chi connectivity index (χ4n) is 3.08. The Morgan fingerprint density at radius 3 is 2.40 bits per heavy atom. The highest BCUT2D eigenvalue weighted by Gasteiger charge is 2.31. The van der Waals surface area contributed by atoms with Gasteiger partial charge in [0, 0.05) is 0 Å². The highest BCUT2D eigenvalue weighted by Crippen LogP contribution is 2.44. The molecule has 3 atom stereocenters. The van der Waals surface area contributed by atoms with Crippen LogP contribution in [-0.2, 0) is 0 Å². The van der Waals surface area contributed by atoms with Gasteiger partial charge in [0.2, 0.25) is 0 Å². The van der Waals surface area contributed by atoms with E-state index in [0.717, 1.165) is 17.8 Å². The topological polar surface area (TPSA) is 0 Å². The summed E-state index contributed by atoms with van der Waals surface area (Å²) in [6.45, 7) is 6.90. The van der Waals surface area contributed by atoms with Crippen LogP contribution in [0.5, 0.6) is 0 Å². The van der Waals surface area contributed by atoms with Crippen LogP contribution in [-0.4, -0.2) is 0 Å². The van der Waals surface area contributed by atoms with Gasteiger partial charge in [-0.2, -0.15) is 0 Å². The summed E-state index contributed by atoms with van der Waals surface area (Å²) in [7, 11) is 0. The largest absolute Gasteiger partial charge is 0.0651 e. The lowest BCUT2D eigenvalue weighted by molar-refractivity contribution is 0.463. The lowest BCUT2D eigenvalue weighted by Crippen LogP contribution is -2.04. The summed E-state index contributed by atoms with van der Waals surface area (Å²) in [4.78, 5) is 0. The van der Waals surface area contributed by atoms with Crippen LogP contribution in [0.4, 0.5) is 0 Å². The van der Waals surface area contributed by atoms with E-state index in [2.05, 4.69) is 45.0 Å². The normalized spacial score (nSPS) is 30.7. The van der Waals surface area contributed by atoms with Crippen molar-refractivity contribution in [3.63, 3.8) is 0 Å². The van der Waals surface area contributed by atoms with Crippen molar-refractivity contribution in [1.29, 1.82) is 0 Å². The first-order chi connectivity index (χ1) is 7.20. The van der Waals surface area contributed by atoms with Gasteiger partial charge >= 0.3 is 0 Å². The van der Waals surface area contributed by atoms with Gasteiger partial charge in [0.05, 0.1) is 0 Å². The van der Waals surface area contributed by atoms with E-state index in [1.54, 1.807) is 5.56 Å². The molecule has 1 aromatic rings. The van der Waals surface area contributed by atoms with Gasteiger partial charge in [-0.15, -0.1) is 0 Å². The minimum Gasteiger partial charge on any atom is -0.0651 e. The second kappa shape index (κ2) is 4.38. The van der Waals surface area contributed by atoms with Gasteiger partial charge in [-0.1, -0.05) is 50.1 Å². The summed E-state index contributed by atoms with van der Waals surface area (Å²) in [5.74, 6) is 2.66. The minimum absolute atomic E-state index is 0.825. The summed E-state index contributed by atoms with van der Waals surface area (Å²) in [6, 6.07) is 9.18. The molecule has 0 heteroatoms. The van der Waals surface area contributed by atoms with E-state index >= 15 is 0 Å². The third kappa shape index (κ3) is 2.25. The fraction of sp³-hybridized carbons (Fsp3) is 0.600. The molecule has 0 nitrogen and oxygen atoms in total. The van der Waals surface area contributed by atoms with Gasteiger partial charge in [0.15, 0.2) is 0 Å². The molecular weight excluding hydrogens is 180 g/mol. The molecule has 1 saturated carbocycles. The predicted octanol–water partition coefficient (Wildman–Crippen LogP) is 4.53. The van der Waals surface area contributed by atoms with Crippen molar-refractivity contribution in [3.8, 4) is 0 Å². The third-order valence-corrected chi connectivity index (χ3v) is 3.96. The molecule has 0 bridgehead atoms. The van der Waals surface area contributed by atoms with E-state index in [1.165, 1.54) is 24.8 Å². The summed E-state index contributed by atoms with van der Waals surface area (Å²) >= 11 is 0. The zero-order valence-electron chi connectivity index (χ0n) is 10.2. The van der Waals surface area contributed by atoms with Crippen LogP contribution in [0, 0.1) is 18.8 Å².